The highest BCUT2D eigenvalue weighted by molar-refractivity contribution is 5.75. The van der Waals surface area contributed by atoms with Gasteiger partial charge < -0.3 is 19.9 Å². The minimum absolute atomic E-state index is 0.265. The van der Waals surface area contributed by atoms with Crippen molar-refractivity contribution in [3.8, 4) is 0 Å². The van der Waals surface area contributed by atoms with Gasteiger partial charge in [0.15, 0.2) is 0 Å². The first-order valence-electron chi connectivity index (χ1n) is 9.61. The Labute approximate surface area is 159 Å². The number of anilines is 2. The summed E-state index contributed by atoms with van der Waals surface area (Å²) in [5, 5.41) is 13.2. The van der Waals surface area contributed by atoms with E-state index in [0.717, 1.165) is 55.9 Å². The summed E-state index contributed by atoms with van der Waals surface area (Å²) >= 11 is 0. The quantitative estimate of drug-likeness (QED) is 0.652. The summed E-state index contributed by atoms with van der Waals surface area (Å²) in [6, 6.07) is 10.1. The zero-order chi connectivity index (χ0) is 18.6. The van der Waals surface area contributed by atoms with Gasteiger partial charge in [-0.25, -0.2) is 9.97 Å². The molecule has 1 aliphatic heterocycles. The summed E-state index contributed by atoms with van der Waals surface area (Å²) in [5.41, 5.74) is 2.21. The molecule has 2 aromatic heterocycles. The Kier molecular flexibility index (Phi) is 5.20. The molecule has 0 spiro atoms. The van der Waals surface area contributed by atoms with Crippen LogP contribution < -0.4 is 10.2 Å². The van der Waals surface area contributed by atoms with Crippen LogP contribution in [0, 0.1) is 0 Å². The maximum absolute atomic E-state index is 9.86. The Morgan fingerprint density at radius 3 is 2.96 bits per heavy atom. The van der Waals surface area contributed by atoms with Crippen molar-refractivity contribution in [2.24, 2.45) is 7.05 Å². The number of nitrogens with zero attached hydrogens (tertiary/aromatic N) is 5. The third-order valence-corrected chi connectivity index (χ3v) is 5.10. The molecule has 0 aliphatic carbocycles. The first-order chi connectivity index (χ1) is 13.2. The lowest BCUT2D eigenvalue weighted by molar-refractivity contribution is 0.154. The SMILES string of the molecule is Cn1c(CCCNc2nccc(N3CCCC(O)C3)n2)nc2ccccc21. The molecule has 1 saturated heterocycles. The van der Waals surface area contributed by atoms with Crippen LogP contribution >= 0.6 is 0 Å². The molecule has 1 fully saturated rings. The maximum Gasteiger partial charge on any atom is 0.224 e. The molecule has 1 aromatic carbocycles. The summed E-state index contributed by atoms with van der Waals surface area (Å²) in [5.74, 6) is 2.61. The number of benzene rings is 1. The number of rotatable bonds is 6. The summed E-state index contributed by atoms with van der Waals surface area (Å²) < 4.78 is 2.16. The number of aliphatic hydroxyl groups excluding tert-OH is 1. The van der Waals surface area contributed by atoms with Crippen molar-refractivity contribution in [3.63, 3.8) is 0 Å². The fourth-order valence-electron chi connectivity index (χ4n) is 3.64. The molecule has 142 valence electrons. The summed E-state index contributed by atoms with van der Waals surface area (Å²) in [4.78, 5) is 15.8. The monoisotopic (exact) mass is 366 g/mol. The molecule has 0 radical (unpaired) electrons. The van der Waals surface area contributed by atoms with Crippen molar-refractivity contribution in [1.29, 1.82) is 0 Å². The van der Waals surface area contributed by atoms with Gasteiger partial charge in [-0.1, -0.05) is 12.1 Å². The largest absolute Gasteiger partial charge is 0.391 e. The summed E-state index contributed by atoms with van der Waals surface area (Å²) in [6.07, 6.45) is 5.22. The van der Waals surface area contributed by atoms with E-state index in [2.05, 4.69) is 37.9 Å². The van der Waals surface area contributed by atoms with Crippen LogP contribution in [-0.4, -0.2) is 50.4 Å². The number of aliphatic hydroxyl groups is 1. The van der Waals surface area contributed by atoms with Crippen molar-refractivity contribution >= 4 is 22.8 Å². The van der Waals surface area contributed by atoms with Crippen LogP contribution in [-0.2, 0) is 13.5 Å². The predicted molar refractivity (Wildman–Crippen MR) is 107 cm³/mol. The highest BCUT2D eigenvalue weighted by Gasteiger charge is 2.19. The van der Waals surface area contributed by atoms with Crippen LogP contribution in [0.15, 0.2) is 36.5 Å². The van der Waals surface area contributed by atoms with Crippen molar-refractivity contribution in [3.05, 3.63) is 42.4 Å². The van der Waals surface area contributed by atoms with Crippen molar-refractivity contribution in [2.45, 2.75) is 31.8 Å². The molecule has 7 heteroatoms. The average molecular weight is 366 g/mol. The van der Waals surface area contributed by atoms with E-state index in [1.165, 1.54) is 5.52 Å². The van der Waals surface area contributed by atoms with E-state index >= 15 is 0 Å². The number of nitrogens with one attached hydrogen (secondary N) is 1. The Morgan fingerprint density at radius 1 is 1.22 bits per heavy atom. The second kappa shape index (κ2) is 7.92. The van der Waals surface area contributed by atoms with Gasteiger partial charge in [-0.05, 0) is 37.5 Å². The number of imidazole rings is 1. The highest BCUT2D eigenvalue weighted by Crippen LogP contribution is 2.19. The molecule has 3 aromatic rings. The predicted octanol–water partition coefficient (Wildman–Crippen LogP) is 2.37. The number of β-amino-alcohol motifs (C(OH)–C–C–N with tert-alkyl or cyclic N) is 1. The number of aromatic nitrogens is 4. The molecule has 1 atom stereocenters. The Morgan fingerprint density at radius 2 is 2.11 bits per heavy atom. The molecule has 2 N–H and O–H groups in total. The van der Waals surface area contributed by atoms with Crippen LogP contribution in [0.5, 0.6) is 0 Å². The molecule has 27 heavy (non-hydrogen) atoms. The summed E-state index contributed by atoms with van der Waals surface area (Å²) in [7, 11) is 2.07. The molecular formula is C20H26N6O. The Hall–Kier alpha value is -2.67. The lowest BCUT2D eigenvalue weighted by Crippen LogP contribution is -2.38. The fraction of sp³-hybridized carbons (Fsp3) is 0.450. The van der Waals surface area contributed by atoms with Crippen molar-refractivity contribution in [1.82, 2.24) is 19.5 Å². The molecule has 1 aliphatic rings. The fourth-order valence-corrected chi connectivity index (χ4v) is 3.64. The van der Waals surface area contributed by atoms with Gasteiger partial charge in [0.2, 0.25) is 5.95 Å². The van der Waals surface area contributed by atoms with Crippen LogP contribution in [0.2, 0.25) is 0 Å². The van der Waals surface area contributed by atoms with Gasteiger partial charge in [-0.2, -0.15) is 4.98 Å². The zero-order valence-electron chi connectivity index (χ0n) is 15.7. The first kappa shape index (κ1) is 17.7. The molecule has 1 unspecified atom stereocenters. The summed E-state index contributed by atoms with van der Waals surface area (Å²) in [6.45, 7) is 2.36. The van der Waals surface area contributed by atoms with Gasteiger partial charge in [0.05, 0.1) is 17.1 Å². The number of hydrogen-bond acceptors (Lipinski definition) is 6. The van der Waals surface area contributed by atoms with Crippen LogP contribution in [0.3, 0.4) is 0 Å². The molecule has 3 heterocycles. The van der Waals surface area contributed by atoms with E-state index in [9.17, 15) is 5.11 Å². The van der Waals surface area contributed by atoms with E-state index in [0.29, 0.717) is 12.5 Å². The van der Waals surface area contributed by atoms with Gasteiger partial charge in [-0.15, -0.1) is 0 Å². The Balaban J connectivity index is 1.32. The van der Waals surface area contributed by atoms with Crippen LogP contribution in [0.25, 0.3) is 11.0 Å². The van der Waals surface area contributed by atoms with Crippen molar-refractivity contribution < 1.29 is 5.11 Å². The maximum atomic E-state index is 9.86. The van der Waals surface area contributed by atoms with E-state index in [4.69, 9.17) is 4.98 Å². The van der Waals surface area contributed by atoms with Gasteiger partial charge >= 0.3 is 0 Å². The van der Waals surface area contributed by atoms with Gasteiger partial charge in [0, 0.05) is 39.3 Å². The van der Waals surface area contributed by atoms with Gasteiger partial charge in [0.1, 0.15) is 11.6 Å². The van der Waals surface area contributed by atoms with Crippen LogP contribution in [0.1, 0.15) is 25.1 Å². The Bertz CT molecular complexity index is 908. The molecule has 4 rings (SSSR count). The van der Waals surface area contributed by atoms with Crippen molar-refractivity contribution in [2.75, 3.05) is 29.9 Å². The molecule has 0 amide bonds. The van der Waals surface area contributed by atoms with E-state index in [1.54, 1.807) is 6.20 Å². The molecule has 0 saturated carbocycles. The molecule has 7 nitrogen and oxygen atoms in total. The number of hydrogen-bond donors (Lipinski definition) is 2. The van der Waals surface area contributed by atoms with Gasteiger partial charge in [-0.3, -0.25) is 0 Å². The van der Waals surface area contributed by atoms with E-state index < -0.39 is 0 Å². The van der Waals surface area contributed by atoms with Crippen LogP contribution in [0.4, 0.5) is 11.8 Å². The highest BCUT2D eigenvalue weighted by atomic mass is 16.3. The zero-order valence-corrected chi connectivity index (χ0v) is 15.7. The topological polar surface area (TPSA) is 79.1 Å². The number of aryl methyl sites for hydroxylation is 2. The lowest BCUT2D eigenvalue weighted by Gasteiger charge is -2.31. The number of piperidine rings is 1. The normalized spacial score (nSPS) is 17.4. The van der Waals surface area contributed by atoms with E-state index in [-0.39, 0.29) is 6.10 Å². The molecular weight excluding hydrogens is 340 g/mol. The lowest BCUT2D eigenvalue weighted by atomic mass is 10.1. The molecule has 0 bridgehead atoms. The standard InChI is InChI=1S/C20H26N6O/c1-25-17-8-3-2-7-16(17)23-18(25)9-4-11-21-20-22-12-10-19(24-20)26-13-5-6-15(27)14-26/h2-3,7-8,10,12,15,27H,4-6,9,11,13-14H2,1H3,(H,21,22,24). The second-order valence-corrected chi connectivity index (χ2v) is 7.09. The first-order valence-corrected chi connectivity index (χ1v) is 9.61. The number of para-hydroxylation sites is 2. The van der Waals surface area contributed by atoms with Gasteiger partial charge in [0.25, 0.3) is 0 Å². The smallest absolute Gasteiger partial charge is 0.224 e. The third kappa shape index (κ3) is 4.03. The third-order valence-electron chi connectivity index (χ3n) is 5.10. The minimum atomic E-state index is -0.265. The van der Waals surface area contributed by atoms with E-state index in [1.807, 2.05) is 24.3 Å². The second-order valence-electron chi connectivity index (χ2n) is 7.09. The number of fused-ring (bicyclic) bond motifs is 1. The average Bonchev–Trinajstić information content (AvgIpc) is 3.02. The minimum Gasteiger partial charge on any atom is -0.391 e.